The second kappa shape index (κ2) is 7.55. The van der Waals surface area contributed by atoms with Crippen LogP contribution < -0.4 is 5.56 Å². The second-order valence-electron chi connectivity index (χ2n) is 8.09. The van der Waals surface area contributed by atoms with E-state index in [1.54, 1.807) is 29.2 Å². The van der Waals surface area contributed by atoms with Gasteiger partial charge in [-0.05, 0) is 62.4 Å². The first kappa shape index (κ1) is 18.2. The van der Waals surface area contributed by atoms with Gasteiger partial charge in [-0.25, -0.2) is 4.68 Å². The van der Waals surface area contributed by atoms with Crippen LogP contribution in [0.4, 0.5) is 0 Å². The van der Waals surface area contributed by atoms with E-state index >= 15 is 0 Å². The number of hydrogen-bond donors (Lipinski definition) is 0. The highest BCUT2D eigenvalue weighted by atomic mass is 16.1. The van der Waals surface area contributed by atoms with Crippen molar-refractivity contribution >= 4 is 0 Å². The summed E-state index contributed by atoms with van der Waals surface area (Å²) in [4.78, 5) is 19.0. The molecule has 1 aliphatic carbocycles. The van der Waals surface area contributed by atoms with Crippen LogP contribution in [0.2, 0.25) is 0 Å². The molecule has 5 rings (SSSR count). The minimum atomic E-state index is -0.0453. The van der Waals surface area contributed by atoms with Crippen molar-refractivity contribution in [1.82, 2.24) is 29.4 Å². The lowest BCUT2D eigenvalue weighted by atomic mass is 10.1. The molecule has 0 spiro atoms. The molecule has 3 aromatic heterocycles. The maximum absolute atomic E-state index is 12.5. The molecule has 0 saturated carbocycles. The number of hydrogen-bond acceptors (Lipinski definition) is 5. The molecule has 1 saturated heterocycles. The highest BCUT2D eigenvalue weighted by Gasteiger charge is 2.29. The summed E-state index contributed by atoms with van der Waals surface area (Å²) in [6.07, 6.45) is 9.21. The Morgan fingerprint density at radius 3 is 2.79 bits per heavy atom. The van der Waals surface area contributed by atoms with Gasteiger partial charge in [0.15, 0.2) is 0 Å². The third-order valence-electron chi connectivity index (χ3n) is 6.28. The van der Waals surface area contributed by atoms with Gasteiger partial charge in [0.05, 0.1) is 23.6 Å². The van der Waals surface area contributed by atoms with E-state index in [1.807, 2.05) is 12.1 Å². The number of nitrogens with zero attached hydrogens (tertiary/aromatic N) is 6. The fraction of sp³-hybridized carbons (Fsp3) is 0.455. The number of aryl methyl sites for hydroxylation is 2. The van der Waals surface area contributed by atoms with Crippen LogP contribution in [0, 0.1) is 0 Å². The van der Waals surface area contributed by atoms with Gasteiger partial charge in [-0.3, -0.25) is 19.4 Å². The Kier molecular flexibility index (Phi) is 4.75. The standard InChI is InChI=1S/C22H26N6O/c1-26-21(18-5-2-6-20(18)24-26)15-27-13-3-4-17(27)14-28-22(29)8-7-19(25-28)16-9-11-23-12-10-16/h7-12,17H,2-6,13-15H2,1H3. The van der Waals surface area contributed by atoms with Crippen LogP contribution in [0.1, 0.15) is 36.2 Å². The monoisotopic (exact) mass is 390 g/mol. The maximum atomic E-state index is 12.5. The first-order valence-corrected chi connectivity index (χ1v) is 10.5. The van der Waals surface area contributed by atoms with E-state index in [2.05, 4.69) is 26.7 Å². The van der Waals surface area contributed by atoms with Gasteiger partial charge < -0.3 is 0 Å². The lowest BCUT2D eigenvalue weighted by molar-refractivity contribution is 0.211. The van der Waals surface area contributed by atoms with Crippen LogP contribution in [0.3, 0.4) is 0 Å². The Balaban J connectivity index is 1.37. The molecule has 1 aliphatic heterocycles. The third kappa shape index (κ3) is 3.51. The molecule has 0 amide bonds. The van der Waals surface area contributed by atoms with Crippen LogP contribution in [0.5, 0.6) is 0 Å². The molecule has 1 atom stereocenters. The Morgan fingerprint density at radius 2 is 1.93 bits per heavy atom. The number of rotatable bonds is 5. The van der Waals surface area contributed by atoms with Crippen molar-refractivity contribution in [3.63, 3.8) is 0 Å². The number of fused-ring (bicyclic) bond motifs is 1. The quantitative estimate of drug-likeness (QED) is 0.668. The van der Waals surface area contributed by atoms with Gasteiger partial charge >= 0.3 is 0 Å². The first-order chi connectivity index (χ1) is 14.2. The molecule has 4 heterocycles. The van der Waals surface area contributed by atoms with Crippen LogP contribution >= 0.6 is 0 Å². The molecule has 7 nitrogen and oxygen atoms in total. The van der Waals surface area contributed by atoms with Gasteiger partial charge in [0, 0.05) is 43.7 Å². The van der Waals surface area contributed by atoms with Crippen molar-refractivity contribution in [2.45, 2.75) is 51.2 Å². The Hall–Kier alpha value is -2.80. The smallest absolute Gasteiger partial charge is 0.266 e. The molecule has 0 aromatic carbocycles. The van der Waals surface area contributed by atoms with Crippen LogP contribution in [-0.2, 0) is 33.0 Å². The molecular weight excluding hydrogens is 364 g/mol. The van der Waals surface area contributed by atoms with Gasteiger partial charge in [0.1, 0.15) is 0 Å². The van der Waals surface area contributed by atoms with Crippen LogP contribution in [0.25, 0.3) is 11.3 Å². The van der Waals surface area contributed by atoms with Crippen molar-refractivity contribution in [2.24, 2.45) is 7.05 Å². The molecule has 7 heteroatoms. The van der Waals surface area contributed by atoms with Gasteiger partial charge in [0.25, 0.3) is 5.56 Å². The van der Waals surface area contributed by atoms with E-state index in [-0.39, 0.29) is 5.56 Å². The number of aromatic nitrogens is 5. The largest absolute Gasteiger partial charge is 0.293 e. The number of likely N-dealkylation sites (tertiary alicyclic amines) is 1. The molecule has 3 aromatic rings. The van der Waals surface area contributed by atoms with E-state index in [1.165, 1.54) is 23.4 Å². The molecule has 0 radical (unpaired) electrons. The topological polar surface area (TPSA) is 68.8 Å². The van der Waals surface area contributed by atoms with Crippen LogP contribution in [0.15, 0.2) is 41.5 Å². The normalized spacial score (nSPS) is 19.0. The van der Waals surface area contributed by atoms with Crippen molar-refractivity contribution in [2.75, 3.05) is 6.54 Å². The third-order valence-corrected chi connectivity index (χ3v) is 6.28. The zero-order chi connectivity index (χ0) is 19.8. The van der Waals surface area contributed by atoms with Crippen molar-refractivity contribution in [3.8, 4) is 11.3 Å². The molecule has 0 bridgehead atoms. The summed E-state index contributed by atoms with van der Waals surface area (Å²) in [5.41, 5.74) is 5.81. The number of pyridine rings is 1. The zero-order valence-corrected chi connectivity index (χ0v) is 16.8. The predicted molar refractivity (Wildman–Crippen MR) is 110 cm³/mol. The molecule has 1 fully saturated rings. The van der Waals surface area contributed by atoms with E-state index in [0.29, 0.717) is 12.6 Å². The van der Waals surface area contributed by atoms with Crippen molar-refractivity contribution in [3.05, 3.63) is 64.0 Å². The van der Waals surface area contributed by atoms with Gasteiger partial charge in [0.2, 0.25) is 0 Å². The van der Waals surface area contributed by atoms with Gasteiger partial charge in [-0.1, -0.05) is 0 Å². The second-order valence-corrected chi connectivity index (χ2v) is 8.09. The van der Waals surface area contributed by atoms with E-state index in [4.69, 9.17) is 5.10 Å². The Bertz CT molecular complexity index is 1070. The van der Waals surface area contributed by atoms with Crippen molar-refractivity contribution < 1.29 is 0 Å². The molecule has 1 unspecified atom stereocenters. The van der Waals surface area contributed by atoms with Gasteiger partial charge in [-0.2, -0.15) is 10.2 Å². The maximum Gasteiger partial charge on any atom is 0.266 e. The molecule has 150 valence electrons. The lowest BCUT2D eigenvalue weighted by Crippen LogP contribution is -2.37. The highest BCUT2D eigenvalue weighted by molar-refractivity contribution is 5.56. The van der Waals surface area contributed by atoms with Gasteiger partial charge in [-0.15, -0.1) is 0 Å². The Morgan fingerprint density at radius 1 is 1.07 bits per heavy atom. The lowest BCUT2D eigenvalue weighted by Gasteiger charge is -2.25. The highest BCUT2D eigenvalue weighted by Crippen LogP contribution is 2.28. The fourth-order valence-electron chi connectivity index (χ4n) is 4.74. The minimum Gasteiger partial charge on any atom is -0.293 e. The average Bonchev–Trinajstić information content (AvgIpc) is 3.43. The van der Waals surface area contributed by atoms with E-state index < -0.39 is 0 Å². The summed E-state index contributed by atoms with van der Waals surface area (Å²) < 4.78 is 3.69. The predicted octanol–water partition coefficient (Wildman–Crippen LogP) is 2.19. The van der Waals surface area contributed by atoms with Crippen LogP contribution in [-0.4, -0.2) is 42.0 Å². The summed E-state index contributed by atoms with van der Waals surface area (Å²) >= 11 is 0. The SMILES string of the molecule is Cn1nc2c(c1CN1CCCC1Cn1nc(-c3ccncc3)ccc1=O)CCC2. The molecule has 2 aliphatic rings. The first-order valence-electron chi connectivity index (χ1n) is 10.5. The molecule has 0 N–H and O–H groups in total. The molecular formula is C22H26N6O. The molecule has 29 heavy (non-hydrogen) atoms. The summed E-state index contributed by atoms with van der Waals surface area (Å²) in [5.74, 6) is 0. The van der Waals surface area contributed by atoms with E-state index in [9.17, 15) is 4.79 Å². The summed E-state index contributed by atoms with van der Waals surface area (Å²) in [7, 11) is 2.06. The summed E-state index contributed by atoms with van der Waals surface area (Å²) in [5, 5.41) is 9.36. The summed E-state index contributed by atoms with van der Waals surface area (Å²) in [6, 6.07) is 7.57. The van der Waals surface area contributed by atoms with E-state index in [0.717, 1.165) is 50.0 Å². The average molecular weight is 390 g/mol. The van der Waals surface area contributed by atoms with Crippen molar-refractivity contribution in [1.29, 1.82) is 0 Å². The summed E-state index contributed by atoms with van der Waals surface area (Å²) in [6.45, 7) is 2.59. The Labute approximate surface area is 170 Å². The zero-order valence-electron chi connectivity index (χ0n) is 16.8. The minimum absolute atomic E-state index is 0.0453. The fourth-order valence-corrected chi connectivity index (χ4v) is 4.74.